The third-order valence-corrected chi connectivity index (χ3v) is 3.16. The van der Waals surface area contributed by atoms with E-state index in [4.69, 9.17) is 32.7 Å². The van der Waals surface area contributed by atoms with E-state index in [1.54, 1.807) is 13.8 Å². The minimum Gasteiger partial charge on any atom is -0.459 e. The van der Waals surface area contributed by atoms with Crippen LogP contribution in [0.25, 0.3) is 0 Å². The molecule has 96 valence electrons. The van der Waals surface area contributed by atoms with E-state index in [-0.39, 0.29) is 33.9 Å². The molecule has 4 nitrogen and oxygen atoms in total. The molecule has 1 aromatic rings. The van der Waals surface area contributed by atoms with Gasteiger partial charge in [0.25, 0.3) is 0 Å². The molecule has 0 spiro atoms. The number of carbonyl (C=O) groups is 2. The number of hydrogen-bond acceptors (Lipinski definition) is 4. The SMILES string of the molecule is CC(C)OC(=O)c1cc(Cl)c2c(c1Cl)C(=O)OC2. The predicted molar refractivity (Wildman–Crippen MR) is 66.1 cm³/mol. The smallest absolute Gasteiger partial charge is 0.340 e. The molecular weight excluding hydrogens is 279 g/mol. The van der Waals surface area contributed by atoms with Crippen LogP contribution in [0.4, 0.5) is 0 Å². The summed E-state index contributed by atoms with van der Waals surface area (Å²) < 4.78 is 9.87. The summed E-state index contributed by atoms with van der Waals surface area (Å²) in [7, 11) is 0. The second-order valence-electron chi connectivity index (χ2n) is 4.10. The second kappa shape index (κ2) is 4.78. The van der Waals surface area contributed by atoms with Crippen molar-refractivity contribution < 1.29 is 19.1 Å². The zero-order valence-corrected chi connectivity index (χ0v) is 11.3. The first kappa shape index (κ1) is 13.2. The molecule has 0 radical (unpaired) electrons. The molecule has 6 heteroatoms. The molecule has 1 heterocycles. The minimum atomic E-state index is -0.612. The van der Waals surface area contributed by atoms with Crippen LogP contribution in [-0.4, -0.2) is 18.0 Å². The molecule has 0 fully saturated rings. The van der Waals surface area contributed by atoms with Crippen LogP contribution in [0.5, 0.6) is 0 Å². The highest BCUT2D eigenvalue weighted by Crippen LogP contribution is 2.36. The van der Waals surface area contributed by atoms with Crippen LogP contribution in [-0.2, 0) is 16.1 Å². The number of rotatable bonds is 2. The Morgan fingerprint density at radius 3 is 2.72 bits per heavy atom. The Morgan fingerprint density at radius 2 is 2.11 bits per heavy atom. The molecule has 0 amide bonds. The number of fused-ring (bicyclic) bond motifs is 1. The highest BCUT2D eigenvalue weighted by molar-refractivity contribution is 6.39. The lowest BCUT2D eigenvalue weighted by Gasteiger charge is -2.11. The normalized spacial score (nSPS) is 13.5. The molecule has 0 saturated heterocycles. The highest BCUT2D eigenvalue weighted by Gasteiger charge is 2.31. The van der Waals surface area contributed by atoms with Crippen LogP contribution in [0.3, 0.4) is 0 Å². The standard InChI is InChI=1S/C12H10Cl2O4/c1-5(2)18-11(15)6-3-8(13)7-4-17-12(16)9(7)10(6)14/h3,5H,4H2,1-2H3. The Kier molecular flexibility index (Phi) is 3.50. The van der Waals surface area contributed by atoms with E-state index in [0.717, 1.165) is 0 Å². The summed E-state index contributed by atoms with van der Waals surface area (Å²) >= 11 is 12.0. The van der Waals surface area contributed by atoms with Crippen molar-refractivity contribution in [3.05, 3.63) is 32.8 Å². The van der Waals surface area contributed by atoms with Crippen molar-refractivity contribution in [2.45, 2.75) is 26.6 Å². The van der Waals surface area contributed by atoms with Gasteiger partial charge in [-0.25, -0.2) is 9.59 Å². The summed E-state index contributed by atoms with van der Waals surface area (Å²) in [6, 6.07) is 1.40. The lowest BCUT2D eigenvalue weighted by atomic mass is 10.1. The number of cyclic esters (lactones) is 1. The van der Waals surface area contributed by atoms with Gasteiger partial charge in [0.15, 0.2) is 0 Å². The summed E-state index contributed by atoms with van der Waals surface area (Å²) in [4.78, 5) is 23.3. The fourth-order valence-electron chi connectivity index (χ4n) is 1.65. The topological polar surface area (TPSA) is 52.6 Å². The summed E-state index contributed by atoms with van der Waals surface area (Å²) in [5.41, 5.74) is 0.737. The molecule has 0 N–H and O–H groups in total. The zero-order chi connectivity index (χ0) is 13.4. The zero-order valence-electron chi connectivity index (χ0n) is 9.75. The van der Waals surface area contributed by atoms with Gasteiger partial charge < -0.3 is 9.47 Å². The Balaban J connectivity index is 2.51. The molecule has 1 aromatic carbocycles. The number of carbonyl (C=O) groups excluding carboxylic acids is 2. The summed E-state index contributed by atoms with van der Waals surface area (Å²) in [6.45, 7) is 3.51. The lowest BCUT2D eigenvalue weighted by molar-refractivity contribution is 0.0378. The third-order valence-electron chi connectivity index (χ3n) is 2.43. The molecule has 0 aliphatic carbocycles. The Bertz CT molecular complexity index is 537. The van der Waals surface area contributed by atoms with Crippen molar-refractivity contribution in [2.75, 3.05) is 0 Å². The fraction of sp³-hybridized carbons (Fsp3) is 0.333. The molecule has 2 rings (SSSR count). The maximum Gasteiger partial charge on any atom is 0.340 e. The molecule has 0 saturated carbocycles. The molecule has 18 heavy (non-hydrogen) atoms. The molecule has 0 atom stereocenters. The van der Waals surface area contributed by atoms with Gasteiger partial charge in [0, 0.05) is 10.6 Å². The van der Waals surface area contributed by atoms with Crippen molar-refractivity contribution >= 4 is 35.1 Å². The van der Waals surface area contributed by atoms with Crippen LogP contribution >= 0.6 is 23.2 Å². The van der Waals surface area contributed by atoms with Crippen molar-refractivity contribution in [1.29, 1.82) is 0 Å². The van der Waals surface area contributed by atoms with Gasteiger partial charge >= 0.3 is 11.9 Å². The predicted octanol–water partition coefficient (Wildman–Crippen LogP) is 3.23. The quantitative estimate of drug-likeness (QED) is 0.784. The van der Waals surface area contributed by atoms with Gasteiger partial charge in [0.1, 0.15) is 6.61 Å². The van der Waals surface area contributed by atoms with E-state index in [2.05, 4.69) is 0 Å². The minimum absolute atomic E-state index is 0.0301. The monoisotopic (exact) mass is 288 g/mol. The maximum atomic E-state index is 11.8. The Hall–Kier alpha value is -1.26. The summed E-state index contributed by atoms with van der Waals surface area (Å²) in [5.74, 6) is -1.18. The van der Waals surface area contributed by atoms with Crippen molar-refractivity contribution in [2.24, 2.45) is 0 Å². The van der Waals surface area contributed by atoms with Gasteiger partial charge in [0.05, 0.1) is 22.3 Å². The van der Waals surface area contributed by atoms with Crippen LogP contribution < -0.4 is 0 Å². The molecular formula is C12H10Cl2O4. The van der Waals surface area contributed by atoms with Gasteiger partial charge in [-0.2, -0.15) is 0 Å². The molecule has 0 unspecified atom stereocenters. The first-order valence-electron chi connectivity index (χ1n) is 5.30. The van der Waals surface area contributed by atoms with E-state index in [1.807, 2.05) is 0 Å². The number of hydrogen-bond donors (Lipinski definition) is 0. The van der Waals surface area contributed by atoms with Gasteiger partial charge in [-0.1, -0.05) is 23.2 Å². The van der Waals surface area contributed by atoms with Crippen LogP contribution in [0, 0.1) is 0 Å². The summed E-state index contributed by atoms with van der Waals surface area (Å²) in [5, 5.41) is 0.304. The van der Waals surface area contributed by atoms with Gasteiger partial charge in [-0.3, -0.25) is 0 Å². The van der Waals surface area contributed by atoms with Crippen molar-refractivity contribution in [3.8, 4) is 0 Å². The number of benzene rings is 1. The van der Waals surface area contributed by atoms with E-state index in [0.29, 0.717) is 5.56 Å². The highest BCUT2D eigenvalue weighted by atomic mass is 35.5. The fourth-order valence-corrected chi connectivity index (χ4v) is 2.23. The molecule has 1 aliphatic heterocycles. The van der Waals surface area contributed by atoms with Crippen LogP contribution in [0.1, 0.15) is 40.1 Å². The Morgan fingerprint density at radius 1 is 1.44 bits per heavy atom. The van der Waals surface area contributed by atoms with Crippen LogP contribution in [0.15, 0.2) is 6.07 Å². The number of halogens is 2. The average Bonchev–Trinajstić information content (AvgIpc) is 2.65. The molecule has 0 bridgehead atoms. The van der Waals surface area contributed by atoms with Crippen LogP contribution in [0.2, 0.25) is 10.0 Å². The van der Waals surface area contributed by atoms with E-state index in [9.17, 15) is 9.59 Å². The van der Waals surface area contributed by atoms with Gasteiger partial charge in [-0.15, -0.1) is 0 Å². The molecule has 1 aliphatic rings. The molecule has 0 aromatic heterocycles. The van der Waals surface area contributed by atoms with Gasteiger partial charge in [-0.05, 0) is 19.9 Å². The lowest BCUT2D eigenvalue weighted by Crippen LogP contribution is -2.13. The number of esters is 2. The first-order chi connectivity index (χ1) is 8.41. The van der Waals surface area contributed by atoms with E-state index >= 15 is 0 Å². The van der Waals surface area contributed by atoms with E-state index < -0.39 is 11.9 Å². The second-order valence-corrected chi connectivity index (χ2v) is 4.89. The largest absolute Gasteiger partial charge is 0.459 e. The first-order valence-corrected chi connectivity index (χ1v) is 6.06. The third kappa shape index (κ3) is 2.18. The van der Waals surface area contributed by atoms with Crippen molar-refractivity contribution in [1.82, 2.24) is 0 Å². The maximum absolute atomic E-state index is 11.8. The average molecular weight is 289 g/mol. The summed E-state index contributed by atoms with van der Waals surface area (Å²) in [6.07, 6.45) is -0.285. The number of ether oxygens (including phenoxy) is 2. The van der Waals surface area contributed by atoms with Crippen molar-refractivity contribution in [3.63, 3.8) is 0 Å². The van der Waals surface area contributed by atoms with E-state index in [1.165, 1.54) is 6.07 Å². The van der Waals surface area contributed by atoms with Gasteiger partial charge in [0.2, 0.25) is 0 Å². The Labute approximate surface area is 114 Å².